The van der Waals surface area contributed by atoms with Gasteiger partial charge in [-0.25, -0.2) is 24.3 Å². The zero-order valence-corrected chi connectivity index (χ0v) is 8.33. The molecule has 0 bridgehead atoms. The molecule has 0 saturated carbocycles. The fraction of sp³-hybridized carbons (Fsp3) is 0.0909. The van der Waals surface area contributed by atoms with E-state index in [0.29, 0.717) is 0 Å². The average molecular weight is 156 g/mol. The van der Waals surface area contributed by atoms with Crippen molar-refractivity contribution in [2.24, 2.45) is 0 Å². The first-order chi connectivity index (χ1) is 5.45. The van der Waals surface area contributed by atoms with E-state index in [1.807, 2.05) is 0 Å². The SMILES string of the molecule is [Li+].[Li+].c1c[cH-]c(Cc2ccc[cH-]2)c1. The van der Waals surface area contributed by atoms with E-state index in [-0.39, 0.29) is 37.7 Å². The maximum atomic E-state index is 2.16. The largest absolute Gasteiger partial charge is 1.00 e. The minimum atomic E-state index is 0. The molecule has 2 heteroatoms. The Morgan fingerprint density at radius 3 is 1.62 bits per heavy atom. The summed E-state index contributed by atoms with van der Waals surface area (Å²) < 4.78 is 0. The Kier molecular flexibility index (Phi) is 6.31. The van der Waals surface area contributed by atoms with E-state index in [1.165, 1.54) is 11.1 Å². The van der Waals surface area contributed by atoms with Crippen molar-refractivity contribution in [1.29, 1.82) is 0 Å². The van der Waals surface area contributed by atoms with Gasteiger partial charge >= 0.3 is 37.7 Å². The van der Waals surface area contributed by atoms with Crippen LogP contribution >= 0.6 is 0 Å². The molecule has 56 valence electrons. The van der Waals surface area contributed by atoms with Gasteiger partial charge in [0.1, 0.15) is 0 Å². The van der Waals surface area contributed by atoms with Crippen molar-refractivity contribution in [3.05, 3.63) is 59.7 Å². The van der Waals surface area contributed by atoms with Gasteiger partial charge in [0.2, 0.25) is 0 Å². The maximum Gasteiger partial charge on any atom is 1.00 e. The van der Waals surface area contributed by atoms with E-state index in [9.17, 15) is 0 Å². The molecule has 0 radical (unpaired) electrons. The van der Waals surface area contributed by atoms with E-state index in [1.54, 1.807) is 0 Å². The first-order valence-electron chi connectivity index (χ1n) is 3.86. The Hall–Kier alpha value is -0.105. The van der Waals surface area contributed by atoms with Crippen LogP contribution < -0.4 is 37.7 Å². The maximum absolute atomic E-state index is 2.16. The van der Waals surface area contributed by atoms with Gasteiger partial charge in [-0.3, -0.25) is 0 Å². The van der Waals surface area contributed by atoms with E-state index in [4.69, 9.17) is 0 Å². The Labute approximate surface area is 103 Å². The fourth-order valence-corrected chi connectivity index (χ4v) is 1.30. The zero-order chi connectivity index (χ0) is 7.52. The molecule has 0 aliphatic heterocycles. The van der Waals surface area contributed by atoms with E-state index in [0.717, 1.165) is 6.42 Å². The van der Waals surface area contributed by atoms with Crippen LogP contribution in [0.3, 0.4) is 0 Å². The summed E-state index contributed by atoms with van der Waals surface area (Å²) in [6, 6.07) is 17.0. The molecule has 0 amide bonds. The van der Waals surface area contributed by atoms with Crippen molar-refractivity contribution < 1.29 is 37.7 Å². The molecule has 2 aromatic rings. The summed E-state index contributed by atoms with van der Waals surface area (Å²) in [5.41, 5.74) is 2.80. The number of hydrogen-bond acceptors (Lipinski definition) is 0. The van der Waals surface area contributed by atoms with Gasteiger partial charge in [0.25, 0.3) is 0 Å². The van der Waals surface area contributed by atoms with Gasteiger partial charge in [-0.05, 0) is 6.42 Å². The van der Waals surface area contributed by atoms with Crippen LogP contribution in [0.5, 0.6) is 0 Å². The Bertz CT molecular complexity index is 260. The molecule has 0 saturated heterocycles. The molecule has 0 spiro atoms. The summed E-state index contributed by atoms with van der Waals surface area (Å²) in [5.74, 6) is 0. The summed E-state index contributed by atoms with van der Waals surface area (Å²) in [6.45, 7) is 0. The van der Waals surface area contributed by atoms with Gasteiger partial charge in [0.15, 0.2) is 0 Å². The second kappa shape index (κ2) is 6.36. The standard InChI is InChI=1S/C11H10.2Li/c1-2-6-10(5-1)9-11-7-3-4-8-11;;/h1-8H,9H2;;/q-2;2*+1. The normalized spacial score (nSPS) is 8.62. The average Bonchev–Trinajstić information content (AvgIpc) is 2.60. The minimum Gasteiger partial charge on any atom is -0.213 e. The van der Waals surface area contributed by atoms with Gasteiger partial charge in [0, 0.05) is 0 Å². The Morgan fingerprint density at radius 2 is 1.31 bits per heavy atom. The van der Waals surface area contributed by atoms with Gasteiger partial charge < -0.3 is 0 Å². The van der Waals surface area contributed by atoms with Crippen LogP contribution in [-0.4, -0.2) is 0 Å². The third-order valence-electron chi connectivity index (χ3n) is 1.87. The predicted octanol–water partition coefficient (Wildman–Crippen LogP) is -3.28. The predicted molar refractivity (Wildman–Crippen MR) is 46.9 cm³/mol. The van der Waals surface area contributed by atoms with Crippen LogP contribution in [0.4, 0.5) is 0 Å². The van der Waals surface area contributed by atoms with Crippen molar-refractivity contribution in [2.75, 3.05) is 0 Å². The molecule has 0 heterocycles. The van der Waals surface area contributed by atoms with Crippen LogP contribution in [0.25, 0.3) is 0 Å². The number of rotatable bonds is 2. The summed E-state index contributed by atoms with van der Waals surface area (Å²) in [6.07, 6.45) is 1.07. The summed E-state index contributed by atoms with van der Waals surface area (Å²) in [5, 5.41) is 0. The second-order valence-corrected chi connectivity index (χ2v) is 2.76. The molecule has 0 fully saturated rings. The molecule has 0 nitrogen and oxygen atoms in total. The molecule has 0 aliphatic carbocycles. The molecule has 2 rings (SSSR count). The smallest absolute Gasteiger partial charge is 0.213 e. The molecule has 0 aromatic heterocycles. The molecule has 0 unspecified atom stereocenters. The molecule has 2 aromatic carbocycles. The third-order valence-corrected chi connectivity index (χ3v) is 1.87. The van der Waals surface area contributed by atoms with Crippen molar-refractivity contribution in [2.45, 2.75) is 6.42 Å². The summed E-state index contributed by atoms with van der Waals surface area (Å²) >= 11 is 0. The zero-order valence-electron chi connectivity index (χ0n) is 8.33. The molecular weight excluding hydrogens is 146 g/mol. The Balaban J connectivity index is 0.000000720. The van der Waals surface area contributed by atoms with Crippen molar-refractivity contribution >= 4 is 0 Å². The number of hydrogen-bond donors (Lipinski definition) is 0. The van der Waals surface area contributed by atoms with Gasteiger partial charge in [-0.1, -0.05) is 0 Å². The minimum absolute atomic E-state index is 0. The van der Waals surface area contributed by atoms with Gasteiger partial charge in [-0.2, -0.15) is 35.4 Å². The first-order valence-corrected chi connectivity index (χ1v) is 3.86. The van der Waals surface area contributed by atoms with Crippen LogP contribution in [0, 0.1) is 0 Å². The van der Waals surface area contributed by atoms with Crippen LogP contribution in [0.1, 0.15) is 11.1 Å². The summed E-state index contributed by atoms with van der Waals surface area (Å²) in [7, 11) is 0. The third kappa shape index (κ3) is 3.64. The molecule has 0 aliphatic rings. The van der Waals surface area contributed by atoms with E-state index < -0.39 is 0 Å². The first kappa shape index (κ1) is 12.9. The van der Waals surface area contributed by atoms with Crippen LogP contribution in [0.2, 0.25) is 0 Å². The second-order valence-electron chi connectivity index (χ2n) is 2.76. The Morgan fingerprint density at radius 1 is 0.846 bits per heavy atom. The fourth-order valence-electron chi connectivity index (χ4n) is 1.30. The molecular formula is C11H10Li2. The van der Waals surface area contributed by atoms with Crippen LogP contribution in [-0.2, 0) is 6.42 Å². The summed E-state index contributed by atoms with van der Waals surface area (Å²) in [4.78, 5) is 0. The van der Waals surface area contributed by atoms with Gasteiger partial charge in [0.05, 0.1) is 0 Å². The molecule has 0 N–H and O–H groups in total. The topological polar surface area (TPSA) is 0 Å². The molecule has 0 atom stereocenters. The van der Waals surface area contributed by atoms with Crippen LogP contribution in [0.15, 0.2) is 48.5 Å². The van der Waals surface area contributed by atoms with Crippen molar-refractivity contribution in [3.8, 4) is 0 Å². The monoisotopic (exact) mass is 156 g/mol. The van der Waals surface area contributed by atoms with Gasteiger partial charge in [-0.15, -0.1) is 0 Å². The molecule has 13 heavy (non-hydrogen) atoms. The quantitative estimate of drug-likeness (QED) is 0.316. The van der Waals surface area contributed by atoms with E-state index >= 15 is 0 Å². The van der Waals surface area contributed by atoms with Crippen molar-refractivity contribution in [1.82, 2.24) is 0 Å². The van der Waals surface area contributed by atoms with Crippen molar-refractivity contribution in [3.63, 3.8) is 0 Å². The van der Waals surface area contributed by atoms with E-state index in [2.05, 4.69) is 48.5 Å².